The fourth-order valence-corrected chi connectivity index (χ4v) is 1.97. The number of hydrogen-bond donors (Lipinski definition) is 1. The van der Waals surface area contributed by atoms with E-state index in [4.69, 9.17) is 5.11 Å². The fourth-order valence-electron chi connectivity index (χ4n) is 1.97. The lowest BCUT2D eigenvalue weighted by atomic mass is 9.99. The maximum atomic E-state index is 9.00. The number of allylic oxidation sites excluding steroid dienone is 1. The van der Waals surface area contributed by atoms with Gasteiger partial charge >= 0.3 is 0 Å². The van der Waals surface area contributed by atoms with Gasteiger partial charge in [0.15, 0.2) is 0 Å². The molecule has 0 saturated heterocycles. The molecule has 0 atom stereocenters. The van der Waals surface area contributed by atoms with E-state index < -0.39 is 0 Å². The van der Waals surface area contributed by atoms with Crippen molar-refractivity contribution >= 4 is 11.6 Å². The predicted molar refractivity (Wildman–Crippen MR) is 77.1 cm³/mol. The second kappa shape index (κ2) is 6.77. The van der Waals surface area contributed by atoms with Gasteiger partial charge in [0.1, 0.15) is 0 Å². The SMILES string of the molecule is OCCC/C(=C\c1ccccc1)c1ccccc1. The number of aliphatic hydroxyl groups excluding tert-OH is 1. The molecule has 1 heteroatoms. The molecule has 0 aliphatic rings. The van der Waals surface area contributed by atoms with Gasteiger partial charge in [-0.25, -0.2) is 0 Å². The Hall–Kier alpha value is -1.86. The van der Waals surface area contributed by atoms with E-state index in [2.05, 4.69) is 30.3 Å². The van der Waals surface area contributed by atoms with Crippen LogP contribution in [0.2, 0.25) is 0 Å². The summed E-state index contributed by atoms with van der Waals surface area (Å²) in [5, 5.41) is 9.00. The first kappa shape index (κ1) is 12.6. The summed E-state index contributed by atoms with van der Waals surface area (Å²) < 4.78 is 0. The van der Waals surface area contributed by atoms with Crippen LogP contribution in [0.4, 0.5) is 0 Å². The standard InChI is InChI=1S/C17H18O/c18-13-7-12-17(16-10-5-2-6-11-16)14-15-8-3-1-4-9-15/h1-6,8-11,14,18H,7,12-13H2/b17-14+. The molecule has 2 rings (SSSR count). The zero-order valence-corrected chi connectivity index (χ0v) is 10.4. The second-order valence-corrected chi connectivity index (χ2v) is 4.27. The fraction of sp³-hybridized carbons (Fsp3) is 0.176. The normalized spacial score (nSPS) is 11.5. The summed E-state index contributed by atoms with van der Waals surface area (Å²) in [5.74, 6) is 0. The second-order valence-electron chi connectivity index (χ2n) is 4.27. The summed E-state index contributed by atoms with van der Waals surface area (Å²) >= 11 is 0. The largest absolute Gasteiger partial charge is 0.396 e. The van der Waals surface area contributed by atoms with Crippen molar-refractivity contribution in [2.45, 2.75) is 12.8 Å². The van der Waals surface area contributed by atoms with E-state index >= 15 is 0 Å². The number of aliphatic hydroxyl groups is 1. The Morgan fingerprint density at radius 3 is 2.11 bits per heavy atom. The molecule has 18 heavy (non-hydrogen) atoms. The van der Waals surface area contributed by atoms with Crippen LogP contribution < -0.4 is 0 Å². The summed E-state index contributed by atoms with van der Waals surface area (Å²) in [7, 11) is 0. The Labute approximate surface area is 108 Å². The van der Waals surface area contributed by atoms with Crippen molar-refractivity contribution in [3.8, 4) is 0 Å². The van der Waals surface area contributed by atoms with Gasteiger partial charge in [-0.3, -0.25) is 0 Å². The number of hydrogen-bond acceptors (Lipinski definition) is 1. The lowest BCUT2D eigenvalue weighted by molar-refractivity contribution is 0.290. The van der Waals surface area contributed by atoms with E-state index in [-0.39, 0.29) is 6.61 Å². The van der Waals surface area contributed by atoms with Gasteiger partial charge in [-0.2, -0.15) is 0 Å². The molecule has 0 bridgehead atoms. The monoisotopic (exact) mass is 238 g/mol. The lowest BCUT2D eigenvalue weighted by Gasteiger charge is -2.07. The van der Waals surface area contributed by atoms with Crippen molar-refractivity contribution in [2.24, 2.45) is 0 Å². The van der Waals surface area contributed by atoms with Crippen LogP contribution >= 0.6 is 0 Å². The van der Waals surface area contributed by atoms with Gasteiger partial charge in [-0.1, -0.05) is 66.7 Å². The molecule has 1 N–H and O–H groups in total. The molecule has 0 amide bonds. The molecule has 0 spiro atoms. The van der Waals surface area contributed by atoms with Gasteiger partial charge in [0.05, 0.1) is 0 Å². The Morgan fingerprint density at radius 1 is 0.889 bits per heavy atom. The quantitative estimate of drug-likeness (QED) is 0.781. The van der Waals surface area contributed by atoms with Crippen LogP contribution in [0.15, 0.2) is 60.7 Å². The zero-order chi connectivity index (χ0) is 12.6. The highest BCUT2D eigenvalue weighted by Crippen LogP contribution is 2.22. The van der Waals surface area contributed by atoms with E-state index in [1.165, 1.54) is 16.7 Å². The molecule has 92 valence electrons. The number of rotatable bonds is 5. The first-order chi connectivity index (χ1) is 8.90. The molecule has 0 saturated carbocycles. The molecule has 0 radical (unpaired) electrons. The third-order valence-corrected chi connectivity index (χ3v) is 2.89. The smallest absolute Gasteiger partial charge is 0.0434 e. The third-order valence-electron chi connectivity index (χ3n) is 2.89. The van der Waals surface area contributed by atoms with Crippen LogP contribution in [0.3, 0.4) is 0 Å². The molecule has 0 aliphatic heterocycles. The predicted octanol–water partition coefficient (Wildman–Crippen LogP) is 4.00. The van der Waals surface area contributed by atoms with Crippen LogP contribution in [0, 0.1) is 0 Å². The molecule has 2 aromatic carbocycles. The average Bonchev–Trinajstić information content (AvgIpc) is 2.45. The highest BCUT2D eigenvalue weighted by Gasteiger charge is 2.01. The van der Waals surface area contributed by atoms with E-state index in [9.17, 15) is 0 Å². The Bertz CT molecular complexity index is 486. The zero-order valence-electron chi connectivity index (χ0n) is 10.4. The van der Waals surface area contributed by atoms with Gasteiger partial charge < -0.3 is 5.11 Å². The van der Waals surface area contributed by atoms with E-state index in [1.54, 1.807) is 0 Å². The van der Waals surface area contributed by atoms with Gasteiger partial charge in [-0.05, 0) is 29.5 Å². The minimum atomic E-state index is 0.235. The first-order valence-electron chi connectivity index (χ1n) is 6.32. The molecule has 1 nitrogen and oxygen atoms in total. The minimum absolute atomic E-state index is 0.235. The molecular weight excluding hydrogens is 220 g/mol. The maximum Gasteiger partial charge on any atom is 0.0434 e. The molecule has 0 heterocycles. The van der Waals surface area contributed by atoms with Gasteiger partial charge in [0, 0.05) is 6.61 Å². The van der Waals surface area contributed by atoms with Crippen molar-refractivity contribution in [2.75, 3.05) is 6.61 Å². The summed E-state index contributed by atoms with van der Waals surface area (Å²) in [6.45, 7) is 0.235. The molecule has 2 aromatic rings. The van der Waals surface area contributed by atoms with Crippen molar-refractivity contribution in [3.05, 3.63) is 71.8 Å². The van der Waals surface area contributed by atoms with Gasteiger partial charge in [0.2, 0.25) is 0 Å². The highest BCUT2D eigenvalue weighted by atomic mass is 16.2. The van der Waals surface area contributed by atoms with Crippen LogP contribution in [0.25, 0.3) is 11.6 Å². The lowest BCUT2D eigenvalue weighted by Crippen LogP contribution is -1.88. The van der Waals surface area contributed by atoms with E-state index in [0.717, 1.165) is 12.8 Å². The van der Waals surface area contributed by atoms with Crippen LogP contribution in [-0.2, 0) is 0 Å². The van der Waals surface area contributed by atoms with Crippen molar-refractivity contribution in [3.63, 3.8) is 0 Å². The van der Waals surface area contributed by atoms with E-state index in [0.29, 0.717) is 0 Å². The van der Waals surface area contributed by atoms with Crippen molar-refractivity contribution < 1.29 is 5.11 Å². The molecule has 0 fully saturated rings. The van der Waals surface area contributed by atoms with Gasteiger partial charge in [0.25, 0.3) is 0 Å². The Kier molecular flexibility index (Phi) is 4.74. The van der Waals surface area contributed by atoms with Crippen LogP contribution in [0.1, 0.15) is 24.0 Å². The number of benzene rings is 2. The average molecular weight is 238 g/mol. The summed E-state index contributed by atoms with van der Waals surface area (Å²) in [5.41, 5.74) is 3.71. The van der Waals surface area contributed by atoms with Crippen molar-refractivity contribution in [1.29, 1.82) is 0 Å². The minimum Gasteiger partial charge on any atom is -0.396 e. The van der Waals surface area contributed by atoms with Gasteiger partial charge in [-0.15, -0.1) is 0 Å². The highest BCUT2D eigenvalue weighted by molar-refractivity contribution is 5.81. The summed E-state index contributed by atoms with van der Waals surface area (Å²) in [4.78, 5) is 0. The molecule has 0 aliphatic carbocycles. The first-order valence-corrected chi connectivity index (χ1v) is 6.32. The summed E-state index contributed by atoms with van der Waals surface area (Å²) in [6.07, 6.45) is 3.90. The molecular formula is C17H18O. The Morgan fingerprint density at radius 2 is 1.50 bits per heavy atom. The summed E-state index contributed by atoms with van der Waals surface area (Å²) in [6, 6.07) is 20.7. The van der Waals surface area contributed by atoms with Crippen molar-refractivity contribution in [1.82, 2.24) is 0 Å². The molecule has 0 unspecified atom stereocenters. The third kappa shape index (κ3) is 3.57. The molecule has 0 aromatic heterocycles. The van der Waals surface area contributed by atoms with E-state index in [1.807, 2.05) is 36.4 Å². The van der Waals surface area contributed by atoms with Crippen LogP contribution in [0.5, 0.6) is 0 Å². The topological polar surface area (TPSA) is 20.2 Å². The Balaban J connectivity index is 2.28. The maximum absolute atomic E-state index is 9.00. The van der Waals surface area contributed by atoms with Crippen LogP contribution in [-0.4, -0.2) is 11.7 Å².